The second kappa shape index (κ2) is 8.13. The Balaban J connectivity index is 2.05. The van der Waals surface area contributed by atoms with Gasteiger partial charge in [-0.3, -0.25) is 4.79 Å². The molecule has 0 saturated heterocycles. The minimum absolute atomic E-state index is 0.174. The lowest BCUT2D eigenvalue weighted by atomic mass is 9.92. The zero-order valence-electron chi connectivity index (χ0n) is 15.0. The van der Waals surface area contributed by atoms with E-state index >= 15 is 0 Å². The van der Waals surface area contributed by atoms with Gasteiger partial charge in [0.05, 0.1) is 0 Å². The first kappa shape index (κ1) is 17.4. The fraction of sp³-hybridized carbons (Fsp3) is 0.318. The first-order chi connectivity index (χ1) is 12.2. The molecule has 1 aliphatic rings. The maximum atomic E-state index is 11.5. The normalized spacial score (nSPS) is 14.4. The molecule has 0 atom stereocenters. The number of ether oxygens (including phenoxy) is 1. The number of benzene rings is 2. The summed E-state index contributed by atoms with van der Waals surface area (Å²) in [5.74, 6) is 1.06. The number of fused-ring (bicyclic) bond motifs is 2. The Bertz CT molecular complexity index is 792. The van der Waals surface area contributed by atoms with Crippen molar-refractivity contribution in [3.8, 4) is 5.75 Å². The summed E-state index contributed by atoms with van der Waals surface area (Å²) in [6.07, 6.45) is 3.69. The molecule has 3 rings (SSSR count). The lowest BCUT2D eigenvalue weighted by molar-refractivity contribution is -0.116. The van der Waals surface area contributed by atoms with Gasteiger partial charge >= 0.3 is 0 Å². The van der Waals surface area contributed by atoms with Crippen molar-refractivity contribution in [3.05, 3.63) is 70.8 Å². The summed E-state index contributed by atoms with van der Waals surface area (Å²) in [5, 5.41) is 3.37. The van der Waals surface area contributed by atoms with Crippen molar-refractivity contribution >= 4 is 11.4 Å². The van der Waals surface area contributed by atoms with E-state index in [0.29, 0.717) is 13.0 Å². The van der Waals surface area contributed by atoms with Crippen LogP contribution in [-0.2, 0) is 17.8 Å². The van der Waals surface area contributed by atoms with Crippen LogP contribution < -0.4 is 10.1 Å². The Labute approximate surface area is 149 Å². The third-order valence-corrected chi connectivity index (χ3v) is 4.40. The molecule has 1 heterocycles. The Kier molecular flexibility index (Phi) is 5.67. The zero-order valence-corrected chi connectivity index (χ0v) is 15.0. The Morgan fingerprint density at radius 1 is 1.20 bits per heavy atom. The van der Waals surface area contributed by atoms with E-state index in [1.165, 1.54) is 16.7 Å². The summed E-state index contributed by atoms with van der Waals surface area (Å²) >= 11 is 0. The van der Waals surface area contributed by atoms with Crippen LogP contribution in [0.15, 0.2) is 48.5 Å². The average molecular weight is 335 g/mol. The number of carbonyl (C=O) groups excluding carboxylic acids is 1. The van der Waals surface area contributed by atoms with Gasteiger partial charge in [0.2, 0.25) is 0 Å². The fourth-order valence-electron chi connectivity index (χ4n) is 3.24. The Morgan fingerprint density at radius 2 is 2.04 bits per heavy atom. The van der Waals surface area contributed by atoms with Gasteiger partial charge in [0.25, 0.3) is 0 Å². The van der Waals surface area contributed by atoms with Gasteiger partial charge in [-0.1, -0.05) is 43.3 Å². The van der Waals surface area contributed by atoms with Gasteiger partial charge < -0.3 is 10.1 Å². The highest BCUT2D eigenvalue weighted by molar-refractivity contribution is 5.86. The van der Waals surface area contributed by atoms with E-state index in [-0.39, 0.29) is 5.78 Å². The summed E-state index contributed by atoms with van der Waals surface area (Å²) in [5.41, 5.74) is 5.73. The number of rotatable bonds is 6. The van der Waals surface area contributed by atoms with Crippen LogP contribution in [0.2, 0.25) is 0 Å². The van der Waals surface area contributed by atoms with Crippen LogP contribution >= 0.6 is 0 Å². The molecule has 130 valence electrons. The van der Waals surface area contributed by atoms with Crippen molar-refractivity contribution in [2.75, 3.05) is 13.1 Å². The predicted octanol–water partition coefficient (Wildman–Crippen LogP) is 4.14. The zero-order chi connectivity index (χ0) is 17.6. The highest BCUT2D eigenvalue weighted by Gasteiger charge is 2.19. The lowest BCUT2D eigenvalue weighted by Crippen LogP contribution is -2.13. The number of carbonyl (C=O) groups is 1. The second-order valence-electron chi connectivity index (χ2n) is 6.42. The van der Waals surface area contributed by atoms with Crippen LogP contribution in [0.1, 0.15) is 42.5 Å². The highest BCUT2D eigenvalue weighted by Crippen LogP contribution is 2.37. The molecule has 3 nitrogen and oxygen atoms in total. The van der Waals surface area contributed by atoms with Crippen molar-refractivity contribution in [1.82, 2.24) is 5.32 Å². The lowest BCUT2D eigenvalue weighted by Gasteiger charge is -2.12. The number of hydrogen-bond acceptors (Lipinski definition) is 3. The highest BCUT2D eigenvalue weighted by atomic mass is 16.5. The summed E-state index contributed by atoms with van der Waals surface area (Å²) in [4.78, 5) is 11.5. The van der Waals surface area contributed by atoms with Gasteiger partial charge in [-0.05, 0) is 60.8 Å². The molecule has 0 saturated carbocycles. The van der Waals surface area contributed by atoms with E-state index in [9.17, 15) is 4.79 Å². The molecule has 0 unspecified atom stereocenters. The number of nitrogens with one attached hydrogen (secondary N) is 1. The van der Waals surface area contributed by atoms with Crippen molar-refractivity contribution in [3.63, 3.8) is 0 Å². The first-order valence-corrected chi connectivity index (χ1v) is 8.93. The molecule has 0 fully saturated rings. The van der Waals surface area contributed by atoms with Crippen LogP contribution in [0.4, 0.5) is 0 Å². The molecule has 0 radical (unpaired) electrons. The maximum absolute atomic E-state index is 11.5. The third kappa shape index (κ3) is 4.18. The summed E-state index contributed by atoms with van der Waals surface area (Å²) in [7, 11) is 0. The van der Waals surface area contributed by atoms with Crippen LogP contribution in [0.5, 0.6) is 5.75 Å². The molecule has 1 N–H and O–H groups in total. The van der Waals surface area contributed by atoms with Crippen molar-refractivity contribution in [2.24, 2.45) is 0 Å². The van der Waals surface area contributed by atoms with E-state index in [0.717, 1.165) is 36.4 Å². The molecule has 3 heteroatoms. The SMILES string of the molecule is CCNCC/C=C1/c2ccccc2COc2ccc(CC(C)=O)cc21. The molecule has 0 aromatic heterocycles. The molecule has 25 heavy (non-hydrogen) atoms. The van der Waals surface area contributed by atoms with Gasteiger partial charge in [0.1, 0.15) is 18.1 Å². The molecule has 1 aliphatic heterocycles. The maximum Gasteiger partial charge on any atom is 0.134 e. The number of hydrogen-bond donors (Lipinski definition) is 1. The van der Waals surface area contributed by atoms with E-state index < -0.39 is 0 Å². The predicted molar refractivity (Wildman–Crippen MR) is 102 cm³/mol. The molecule has 2 aromatic carbocycles. The van der Waals surface area contributed by atoms with Crippen molar-refractivity contribution in [1.29, 1.82) is 0 Å². The molecule has 0 spiro atoms. The molecule has 0 amide bonds. The molecular weight excluding hydrogens is 310 g/mol. The van der Waals surface area contributed by atoms with Crippen molar-refractivity contribution < 1.29 is 9.53 Å². The van der Waals surface area contributed by atoms with Gasteiger partial charge in [-0.15, -0.1) is 0 Å². The number of Topliss-reactive ketones (excluding diaryl/α,β-unsaturated/α-hetero) is 1. The number of ketones is 1. The second-order valence-corrected chi connectivity index (χ2v) is 6.42. The minimum Gasteiger partial charge on any atom is -0.488 e. The Hall–Kier alpha value is -2.39. The first-order valence-electron chi connectivity index (χ1n) is 8.93. The van der Waals surface area contributed by atoms with Gasteiger partial charge in [0.15, 0.2) is 0 Å². The standard InChI is InChI=1S/C22H25NO2/c1-3-23-12-6-9-20-19-8-5-4-7-18(19)15-25-22-11-10-17(13-16(2)24)14-21(20)22/h4-5,7-11,14,23H,3,6,12-13,15H2,1-2H3/b20-9-. The van der Waals surface area contributed by atoms with Crippen LogP contribution in [0.3, 0.4) is 0 Å². The van der Waals surface area contributed by atoms with Gasteiger partial charge in [0, 0.05) is 12.0 Å². The smallest absolute Gasteiger partial charge is 0.134 e. The molecule has 0 aliphatic carbocycles. The quantitative estimate of drug-likeness (QED) is 0.806. The average Bonchev–Trinajstić information content (AvgIpc) is 2.75. The molecular formula is C22H25NO2. The summed E-state index contributed by atoms with van der Waals surface area (Å²) < 4.78 is 6.05. The third-order valence-electron chi connectivity index (χ3n) is 4.40. The van der Waals surface area contributed by atoms with Crippen LogP contribution in [0, 0.1) is 0 Å². The van der Waals surface area contributed by atoms with Crippen LogP contribution in [-0.4, -0.2) is 18.9 Å². The minimum atomic E-state index is 0.174. The van der Waals surface area contributed by atoms with E-state index in [1.807, 2.05) is 12.1 Å². The van der Waals surface area contributed by atoms with E-state index in [2.05, 4.69) is 48.6 Å². The summed E-state index contributed by atoms with van der Waals surface area (Å²) in [6, 6.07) is 14.5. The molecule has 2 aromatic rings. The van der Waals surface area contributed by atoms with Crippen molar-refractivity contribution in [2.45, 2.75) is 33.3 Å². The summed E-state index contributed by atoms with van der Waals surface area (Å²) in [6.45, 7) is 6.24. The van der Waals surface area contributed by atoms with E-state index in [1.54, 1.807) is 6.92 Å². The topological polar surface area (TPSA) is 38.3 Å². The monoisotopic (exact) mass is 335 g/mol. The molecule has 0 bridgehead atoms. The largest absolute Gasteiger partial charge is 0.488 e. The fourth-order valence-corrected chi connectivity index (χ4v) is 3.24. The van der Waals surface area contributed by atoms with Crippen LogP contribution in [0.25, 0.3) is 5.57 Å². The van der Waals surface area contributed by atoms with E-state index in [4.69, 9.17) is 4.74 Å². The van der Waals surface area contributed by atoms with Gasteiger partial charge in [-0.2, -0.15) is 0 Å². The van der Waals surface area contributed by atoms with Gasteiger partial charge in [-0.25, -0.2) is 0 Å². The Morgan fingerprint density at radius 3 is 2.84 bits per heavy atom.